The molecule has 1 atom stereocenters. The van der Waals surface area contributed by atoms with Crippen molar-refractivity contribution in [3.63, 3.8) is 0 Å². The largest absolute Gasteiger partial charge is 0.397 e. The van der Waals surface area contributed by atoms with Crippen LogP contribution >= 0.6 is 11.8 Å². The maximum atomic E-state index is 11.6. The zero-order valence-corrected chi connectivity index (χ0v) is 9.86. The Morgan fingerprint density at radius 3 is 3.00 bits per heavy atom. The highest BCUT2D eigenvalue weighted by atomic mass is 32.2. The van der Waals surface area contributed by atoms with Crippen LogP contribution in [0.5, 0.6) is 0 Å². The second-order valence-corrected chi connectivity index (χ2v) is 4.70. The van der Waals surface area contributed by atoms with Gasteiger partial charge in [-0.05, 0) is 18.7 Å². The first-order valence-corrected chi connectivity index (χ1v) is 6.11. The fourth-order valence-electron chi connectivity index (χ4n) is 1.18. The van der Waals surface area contributed by atoms with Crippen LogP contribution in [0.15, 0.2) is 12.3 Å². The van der Waals surface area contributed by atoms with Crippen molar-refractivity contribution in [3.8, 4) is 0 Å². The minimum Gasteiger partial charge on any atom is -0.397 e. The summed E-state index contributed by atoms with van der Waals surface area (Å²) in [4.78, 5) is 14.4. The third-order valence-corrected chi connectivity index (χ3v) is 3.04. The van der Waals surface area contributed by atoms with Crippen molar-refractivity contribution in [3.05, 3.63) is 18.0 Å². The van der Waals surface area contributed by atoms with Crippen molar-refractivity contribution in [2.45, 2.75) is 19.9 Å². The molecular formula is C10H17N3OS. The van der Waals surface area contributed by atoms with Gasteiger partial charge in [0.2, 0.25) is 0 Å². The second-order valence-electron chi connectivity index (χ2n) is 3.38. The van der Waals surface area contributed by atoms with Gasteiger partial charge in [-0.1, -0.05) is 6.92 Å². The molecule has 0 aliphatic rings. The van der Waals surface area contributed by atoms with Gasteiger partial charge in [0.05, 0.1) is 0 Å². The lowest BCUT2D eigenvalue weighted by Gasteiger charge is -2.11. The smallest absolute Gasteiger partial charge is 0.268 e. The molecule has 0 bridgehead atoms. The Kier molecular flexibility index (Phi) is 4.55. The monoisotopic (exact) mass is 227 g/mol. The number of carbonyl (C=O) groups is 1. The van der Waals surface area contributed by atoms with Crippen LogP contribution in [0, 0.1) is 0 Å². The molecule has 0 saturated heterocycles. The van der Waals surface area contributed by atoms with E-state index in [2.05, 4.69) is 17.2 Å². The number of thioether (sulfide) groups is 1. The van der Waals surface area contributed by atoms with Crippen molar-refractivity contribution in [1.29, 1.82) is 0 Å². The average molecular weight is 227 g/mol. The van der Waals surface area contributed by atoms with Crippen LogP contribution in [0.1, 0.15) is 24.3 Å². The maximum absolute atomic E-state index is 11.6. The Bertz CT molecular complexity index is 324. The molecule has 4 N–H and O–H groups in total. The van der Waals surface area contributed by atoms with Crippen LogP contribution in [0.3, 0.4) is 0 Å². The summed E-state index contributed by atoms with van der Waals surface area (Å²) >= 11 is 1.81. The van der Waals surface area contributed by atoms with Crippen molar-refractivity contribution >= 4 is 23.4 Å². The Labute approximate surface area is 94.0 Å². The molecule has 0 radical (unpaired) electrons. The van der Waals surface area contributed by atoms with Gasteiger partial charge in [0.15, 0.2) is 0 Å². The quantitative estimate of drug-likeness (QED) is 0.713. The number of nitrogens with two attached hydrogens (primary N) is 1. The second kappa shape index (κ2) is 5.70. The molecule has 0 spiro atoms. The summed E-state index contributed by atoms with van der Waals surface area (Å²) in [5, 5.41) is 2.90. The van der Waals surface area contributed by atoms with Gasteiger partial charge in [-0.2, -0.15) is 11.8 Å². The first kappa shape index (κ1) is 12.0. The number of H-pyrrole nitrogens is 1. The van der Waals surface area contributed by atoms with Gasteiger partial charge in [-0.25, -0.2) is 0 Å². The predicted octanol–water partition coefficient (Wildman–Crippen LogP) is 1.47. The highest BCUT2D eigenvalue weighted by molar-refractivity contribution is 7.99. The molecule has 1 unspecified atom stereocenters. The molecule has 0 saturated carbocycles. The van der Waals surface area contributed by atoms with E-state index in [1.165, 1.54) is 0 Å². The summed E-state index contributed by atoms with van der Waals surface area (Å²) in [6, 6.07) is 1.81. The maximum Gasteiger partial charge on any atom is 0.268 e. The molecule has 1 amide bonds. The number of aromatic amines is 1. The van der Waals surface area contributed by atoms with Gasteiger partial charge in [0, 0.05) is 23.7 Å². The molecule has 1 aromatic rings. The van der Waals surface area contributed by atoms with Crippen LogP contribution < -0.4 is 11.1 Å². The van der Waals surface area contributed by atoms with Crippen molar-refractivity contribution in [2.75, 3.05) is 17.2 Å². The van der Waals surface area contributed by atoms with E-state index in [0.29, 0.717) is 11.4 Å². The molecule has 0 aliphatic heterocycles. The standard InChI is InChI=1S/C10H17N3OS/c1-3-15-6-7(2)13-10(14)9-4-8(11)5-12-9/h4-5,7,12H,3,6,11H2,1-2H3,(H,13,14). The molecule has 84 valence electrons. The minimum atomic E-state index is -0.101. The summed E-state index contributed by atoms with van der Waals surface area (Å²) in [6.45, 7) is 4.09. The summed E-state index contributed by atoms with van der Waals surface area (Å²) in [5.74, 6) is 1.89. The Hall–Kier alpha value is -1.10. The van der Waals surface area contributed by atoms with E-state index < -0.39 is 0 Å². The highest BCUT2D eigenvalue weighted by Crippen LogP contribution is 2.06. The number of rotatable bonds is 5. The normalized spacial score (nSPS) is 12.4. The van der Waals surface area contributed by atoms with Crippen molar-refractivity contribution in [2.24, 2.45) is 0 Å². The van der Waals surface area contributed by atoms with Gasteiger partial charge in [-0.3, -0.25) is 4.79 Å². The molecular weight excluding hydrogens is 210 g/mol. The van der Waals surface area contributed by atoms with Crippen molar-refractivity contribution < 1.29 is 4.79 Å². The summed E-state index contributed by atoms with van der Waals surface area (Å²) in [6.07, 6.45) is 1.61. The third-order valence-electron chi connectivity index (χ3n) is 1.90. The Morgan fingerprint density at radius 1 is 1.73 bits per heavy atom. The molecule has 0 aliphatic carbocycles. The Balaban J connectivity index is 2.42. The van der Waals surface area contributed by atoms with Gasteiger partial charge >= 0.3 is 0 Å². The molecule has 1 heterocycles. The lowest BCUT2D eigenvalue weighted by molar-refractivity contribution is 0.0939. The lowest BCUT2D eigenvalue weighted by atomic mass is 10.3. The molecule has 1 rings (SSSR count). The number of nitrogens with one attached hydrogen (secondary N) is 2. The summed E-state index contributed by atoms with van der Waals surface area (Å²) < 4.78 is 0. The molecule has 15 heavy (non-hydrogen) atoms. The first-order chi connectivity index (χ1) is 7.13. The van der Waals surface area contributed by atoms with Crippen molar-refractivity contribution in [1.82, 2.24) is 10.3 Å². The first-order valence-electron chi connectivity index (χ1n) is 4.96. The van der Waals surface area contributed by atoms with E-state index in [0.717, 1.165) is 11.5 Å². The number of hydrogen-bond acceptors (Lipinski definition) is 3. The van der Waals surface area contributed by atoms with E-state index in [-0.39, 0.29) is 11.9 Å². The Morgan fingerprint density at radius 2 is 2.47 bits per heavy atom. The van der Waals surface area contributed by atoms with Crippen LogP contribution in [-0.2, 0) is 0 Å². The molecule has 1 aromatic heterocycles. The van der Waals surface area contributed by atoms with E-state index in [1.807, 2.05) is 18.7 Å². The average Bonchev–Trinajstić information content (AvgIpc) is 2.61. The summed E-state index contributed by atoms with van der Waals surface area (Å²) in [7, 11) is 0. The topological polar surface area (TPSA) is 70.9 Å². The van der Waals surface area contributed by atoms with Gasteiger partial charge in [0.25, 0.3) is 5.91 Å². The number of amides is 1. The number of anilines is 1. The van der Waals surface area contributed by atoms with Gasteiger partial charge < -0.3 is 16.0 Å². The van der Waals surface area contributed by atoms with E-state index in [1.54, 1.807) is 12.3 Å². The van der Waals surface area contributed by atoms with Gasteiger partial charge in [-0.15, -0.1) is 0 Å². The highest BCUT2D eigenvalue weighted by Gasteiger charge is 2.10. The number of aromatic nitrogens is 1. The number of carbonyl (C=O) groups excluding carboxylic acids is 1. The minimum absolute atomic E-state index is 0.101. The number of nitrogen functional groups attached to an aromatic ring is 1. The SMILES string of the molecule is CCSCC(C)NC(=O)c1cc(N)c[nH]1. The van der Waals surface area contributed by atoms with Gasteiger partial charge in [0.1, 0.15) is 5.69 Å². The van der Waals surface area contributed by atoms with Crippen LogP contribution in [0.25, 0.3) is 0 Å². The summed E-state index contributed by atoms with van der Waals surface area (Å²) in [5.41, 5.74) is 6.61. The lowest BCUT2D eigenvalue weighted by Crippen LogP contribution is -2.34. The zero-order valence-electron chi connectivity index (χ0n) is 9.04. The van der Waals surface area contributed by atoms with Crippen LogP contribution in [-0.4, -0.2) is 28.4 Å². The third kappa shape index (κ3) is 3.87. The molecule has 4 nitrogen and oxygen atoms in total. The zero-order chi connectivity index (χ0) is 11.3. The van der Waals surface area contributed by atoms with Crippen LogP contribution in [0.2, 0.25) is 0 Å². The van der Waals surface area contributed by atoms with E-state index in [4.69, 9.17) is 5.73 Å². The van der Waals surface area contributed by atoms with E-state index >= 15 is 0 Å². The van der Waals surface area contributed by atoms with E-state index in [9.17, 15) is 4.79 Å². The number of hydrogen-bond donors (Lipinski definition) is 3. The molecule has 5 heteroatoms. The molecule has 0 fully saturated rings. The predicted molar refractivity (Wildman–Crippen MR) is 65.1 cm³/mol. The fourth-order valence-corrected chi connectivity index (χ4v) is 1.85. The fraction of sp³-hybridized carbons (Fsp3) is 0.500. The molecule has 0 aromatic carbocycles. The van der Waals surface area contributed by atoms with Crippen LogP contribution in [0.4, 0.5) is 5.69 Å².